The molecule has 72 valence electrons. The molecule has 0 aliphatic heterocycles. The Morgan fingerprint density at radius 3 is 2.85 bits per heavy atom. The van der Waals surface area contributed by atoms with Crippen molar-refractivity contribution in [3.05, 3.63) is 28.8 Å². The van der Waals surface area contributed by atoms with E-state index < -0.39 is 0 Å². The van der Waals surface area contributed by atoms with Crippen LogP contribution in [0.1, 0.15) is 5.56 Å². The Bertz CT molecular complexity index is 281. The lowest BCUT2D eigenvalue weighted by atomic mass is 10.2. The van der Waals surface area contributed by atoms with Crippen LogP contribution in [0.4, 0.5) is 0 Å². The van der Waals surface area contributed by atoms with Gasteiger partial charge in [-0.1, -0.05) is 17.7 Å². The van der Waals surface area contributed by atoms with E-state index in [1.807, 2.05) is 19.1 Å². The second kappa shape index (κ2) is 5.60. The smallest absolute Gasteiger partial charge is 0.203 e. The molecule has 0 bridgehead atoms. The highest BCUT2D eigenvalue weighted by atomic mass is 35.7. The third-order valence-electron chi connectivity index (χ3n) is 1.39. The van der Waals surface area contributed by atoms with Gasteiger partial charge in [-0.15, -0.1) is 0 Å². The highest BCUT2D eigenvalue weighted by Crippen LogP contribution is 2.25. The fraction of sp³-hybridized carbons (Fsp3) is 0.250. The predicted octanol–water partition coefficient (Wildman–Crippen LogP) is 3.80. The largest absolute Gasteiger partial charge is 0.465 e. The summed E-state index contributed by atoms with van der Waals surface area (Å²) in [7, 11) is 5.21. The van der Waals surface area contributed by atoms with E-state index in [0.29, 0.717) is 10.8 Å². The molecule has 0 aliphatic rings. The van der Waals surface area contributed by atoms with E-state index in [-0.39, 0.29) is 6.79 Å². The van der Waals surface area contributed by atoms with E-state index in [1.165, 1.54) is 0 Å². The molecule has 0 aromatic heterocycles. The standard InChI is InChI=1S/C8H8Cl2O2S/c1-6-2-3-8(7(9)4-6)11-5-12-13-10/h2-4H,5H2,1H3. The third-order valence-corrected chi connectivity index (χ3v) is 2.14. The van der Waals surface area contributed by atoms with Crippen LogP contribution in [-0.2, 0) is 4.18 Å². The first kappa shape index (κ1) is 11.0. The van der Waals surface area contributed by atoms with Crippen molar-refractivity contribution in [2.75, 3.05) is 6.79 Å². The number of ether oxygens (including phenoxy) is 1. The van der Waals surface area contributed by atoms with Crippen molar-refractivity contribution >= 4 is 33.5 Å². The minimum atomic E-state index is 0.0803. The Kier molecular flexibility index (Phi) is 4.73. The number of hydrogen-bond acceptors (Lipinski definition) is 3. The Labute approximate surface area is 90.8 Å². The molecule has 2 nitrogen and oxygen atoms in total. The van der Waals surface area contributed by atoms with Gasteiger partial charge in [-0.05, 0) is 35.3 Å². The van der Waals surface area contributed by atoms with E-state index in [9.17, 15) is 0 Å². The Morgan fingerprint density at radius 2 is 2.23 bits per heavy atom. The van der Waals surface area contributed by atoms with Gasteiger partial charge in [0, 0.05) is 0 Å². The van der Waals surface area contributed by atoms with Crippen LogP contribution in [0.2, 0.25) is 5.02 Å². The molecule has 0 aliphatic carbocycles. The molecule has 0 fully saturated rings. The van der Waals surface area contributed by atoms with Gasteiger partial charge in [0.2, 0.25) is 6.79 Å². The third kappa shape index (κ3) is 3.65. The van der Waals surface area contributed by atoms with Crippen molar-refractivity contribution < 1.29 is 8.92 Å². The van der Waals surface area contributed by atoms with Gasteiger partial charge in [0.05, 0.1) is 5.02 Å². The topological polar surface area (TPSA) is 18.5 Å². The molecule has 1 aromatic carbocycles. The van der Waals surface area contributed by atoms with Crippen LogP contribution in [0.15, 0.2) is 18.2 Å². The average Bonchev–Trinajstić information content (AvgIpc) is 2.09. The summed E-state index contributed by atoms with van der Waals surface area (Å²) in [6.07, 6.45) is 0. The molecular formula is C8H8Cl2O2S. The molecule has 0 unspecified atom stereocenters. The highest BCUT2D eigenvalue weighted by molar-refractivity contribution is 8.17. The van der Waals surface area contributed by atoms with Crippen LogP contribution in [-0.4, -0.2) is 6.79 Å². The van der Waals surface area contributed by atoms with Crippen molar-refractivity contribution in [3.63, 3.8) is 0 Å². The van der Waals surface area contributed by atoms with Gasteiger partial charge in [0.25, 0.3) is 0 Å². The Morgan fingerprint density at radius 1 is 1.46 bits per heavy atom. The monoisotopic (exact) mass is 238 g/mol. The molecule has 1 aromatic rings. The SMILES string of the molecule is Cc1ccc(OCOSCl)c(Cl)c1. The minimum Gasteiger partial charge on any atom is -0.465 e. The fourth-order valence-corrected chi connectivity index (χ4v) is 1.31. The summed E-state index contributed by atoms with van der Waals surface area (Å²) in [4.78, 5) is 0. The normalized spacial score (nSPS) is 10.1. The molecule has 5 heteroatoms. The van der Waals surface area contributed by atoms with Gasteiger partial charge in [0.1, 0.15) is 17.0 Å². The Hall–Kier alpha value is -0.0900. The van der Waals surface area contributed by atoms with Crippen LogP contribution in [0, 0.1) is 6.92 Å². The summed E-state index contributed by atoms with van der Waals surface area (Å²) >= 11 is 6.62. The van der Waals surface area contributed by atoms with Gasteiger partial charge < -0.3 is 4.74 Å². The van der Waals surface area contributed by atoms with Gasteiger partial charge in [-0.2, -0.15) is 0 Å². The lowest BCUT2D eigenvalue weighted by molar-refractivity contribution is 0.144. The maximum atomic E-state index is 5.89. The zero-order valence-electron chi connectivity index (χ0n) is 6.92. The first-order chi connectivity index (χ1) is 6.24. The van der Waals surface area contributed by atoms with Crippen LogP contribution in [0.3, 0.4) is 0 Å². The number of aryl methyl sites for hydroxylation is 1. The summed E-state index contributed by atoms with van der Waals surface area (Å²) in [5.74, 6) is 0.595. The molecule has 0 radical (unpaired) electrons. The van der Waals surface area contributed by atoms with Crippen LogP contribution in [0.25, 0.3) is 0 Å². The molecule has 0 N–H and O–H groups in total. The average molecular weight is 239 g/mol. The zero-order chi connectivity index (χ0) is 9.68. The fourth-order valence-electron chi connectivity index (χ4n) is 0.829. The van der Waals surface area contributed by atoms with E-state index in [0.717, 1.165) is 16.8 Å². The summed E-state index contributed by atoms with van der Waals surface area (Å²) in [6, 6.07) is 5.53. The second-order valence-corrected chi connectivity index (χ2v) is 3.52. The number of rotatable bonds is 4. The molecule has 0 saturated carbocycles. The molecule has 0 spiro atoms. The predicted molar refractivity (Wildman–Crippen MR) is 56.2 cm³/mol. The quantitative estimate of drug-likeness (QED) is 0.452. The van der Waals surface area contributed by atoms with Crippen LogP contribution < -0.4 is 4.74 Å². The summed E-state index contributed by atoms with van der Waals surface area (Å²) in [5, 5.41) is 0.572. The minimum absolute atomic E-state index is 0.0803. The van der Waals surface area contributed by atoms with Gasteiger partial charge >= 0.3 is 0 Å². The van der Waals surface area contributed by atoms with E-state index >= 15 is 0 Å². The molecular weight excluding hydrogens is 231 g/mol. The summed E-state index contributed by atoms with van der Waals surface area (Å²) in [5.41, 5.74) is 1.09. The van der Waals surface area contributed by atoms with E-state index in [2.05, 4.69) is 0 Å². The highest BCUT2D eigenvalue weighted by Gasteiger charge is 2.00. The Balaban J connectivity index is 2.56. The molecule has 0 saturated heterocycles. The number of halogens is 2. The lowest BCUT2D eigenvalue weighted by Gasteiger charge is -2.06. The molecule has 1 rings (SSSR count). The van der Waals surface area contributed by atoms with Crippen molar-refractivity contribution in [2.45, 2.75) is 6.92 Å². The first-order valence-electron chi connectivity index (χ1n) is 3.53. The summed E-state index contributed by atoms with van der Waals surface area (Å²) < 4.78 is 9.90. The maximum Gasteiger partial charge on any atom is 0.203 e. The van der Waals surface area contributed by atoms with Crippen molar-refractivity contribution in [1.82, 2.24) is 0 Å². The van der Waals surface area contributed by atoms with Crippen LogP contribution in [0.5, 0.6) is 5.75 Å². The van der Waals surface area contributed by atoms with Crippen molar-refractivity contribution in [2.24, 2.45) is 0 Å². The molecule has 13 heavy (non-hydrogen) atoms. The van der Waals surface area contributed by atoms with Gasteiger partial charge in [-0.3, -0.25) is 4.18 Å². The maximum absolute atomic E-state index is 5.89. The van der Waals surface area contributed by atoms with Gasteiger partial charge in [-0.25, -0.2) is 0 Å². The molecule has 0 atom stereocenters. The van der Waals surface area contributed by atoms with Crippen molar-refractivity contribution in [1.29, 1.82) is 0 Å². The van der Waals surface area contributed by atoms with Crippen molar-refractivity contribution in [3.8, 4) is 5.75 Å². The zero-order valence-corrected chi connectivity index (χ0v) is 9.25. The van der Waals surface area contributed by atoms with E-state index in [1.54, 1.807) is 6.07 Å². The number of hydrogen-bond donors (Lipinski definition) is 0. The molecule has 0 amide bonds. The second-order valence-electron chi connectivity index (χ2n) is 2.38. The molecule has 0 heterocycles. The first-order valence-corrected chi connectivity index (χ1v) is 5.48. The number of benzene rings is 1. The van der Waals surface area contributed by atoms with Gasteiger partial charge in [0.15, 0.2) is 0 Å². The van der Waals surface area contributed by atoms with E-state index in [4.69, 9.17) is 31.2 Å². The van der Waals surface area contributed by atoms with Crippen LogP contribution >= 0.6 is 33.5 Å². The lowest BCUT2D eigenvalue weighted by Crippen LogP contribution is -1.97. The summed E-state index contributed by atoms with van der Waals surface area (Å²) in [6.45, 7) is 2.04.